The van der Waals surface area contributed by atoms with Crippen LogP contribution in [0.3, 0.4) is 0 Å². The van der Waals surface area contributed by atoms with Crippen LogP contribution in [0.1, 0.15) is 36.0 Å². The van der Waals surface area contributed by atoms with E-state index in [1.54, 1.807) is 5.57 Å². The van der Waals surface area contributed by atoms with Crippen LogP contribution in [0.15, 0.2) is 54.3 Å². The Labute approximate surface area is 149 Å². The minimum Gasteiger partial charge on any atom is -0.346 e. The molecule has 2 atom stereocenters. The number of carbonyl (C=O) groups excluding carboxylic acids is 1. The maximum Gasteiger partial charge on any atom is 0.152 e. The van der Waals surface area contributed by atoms with Crippen molar-refractivity contribution in [2.75, 3.05) is 13.1 Å². The van der Waals surface area contributed by atoms with Gasteiger partial charge in [-0.25, -0.2) is 0 Å². The molecule has 4 rings (SSSR count). The van der Waals surface area contributed by atoms with Gasteiger partial charge in [-0.1, -0.05) is 42.0 Å². The van der Waals surface area contributed by atoms with Gasteiger partial charge in [-0.2, -0.15) is 0 Å². The fraction of sp³-hybridized carbons (Fsp3) is 0.409. The Morgan fingerprint density at radius 3 is 3.04 bits per heavy atom. The first-order chi connectivity index (χ1) is 12.3. The number of hydrogen-bond acceptors (Lipinski definition) is 2. The first-order valence-electron chi connectivity index (χ1n) is 9.44. The van der Waals surface area contributed by atoms with Gasteiger partial charge in [0.1, 0.15) is 0 Å². The highest BCUT2D eigenvalue weighted by Gasteiger charge is 2.20. The van der Waals surface area contributed by atoms with Gasteiger partial charge in [0, 0.05) is 35.1 Å². The van der Waals surface area contributed by atoms with E-state index in [4.69, 9.17) is 0 Å². The molecule has 2 aromatic rings. The van der Waals surface area contributed by atoms with Gasteiger partial charge in [-0.15, -0.1) is 0 Å². The van der Waals surface area contributed by atoms with Crippen molar-refractivity contribution in [2.45, 2.75) is 32.2 Å². The molecule has 0 radical (unpaired) electrons. The first-order valence-corrected chi connectivity index (χ1v) is 9.44. The van der Waals surface area contributed by atoms with Crippen LogP contribution in [0.25, 0.3) is 10.9 Å². The molecule has 1 saturated heterocycles. The third-order valence-electron chi connectivity index (χ3n) is 5.76. The summed E-state index contributed by atoms with van der Waals surface area (Å²) < 4.78 is 2.27. The van der Waals surface area contributed by atoms with Gasteiger partial charge in [0.2, 0.25) is 0 Å². The number of nitrogens with one attached hydrogen (secondary N) is 1. The lowest BCUT2D eigenvalue weighted by Crippen LogP contribution is -2.15. The SMILES string of the molecule is O=Cc1cn(CC2CC=CC=C2CCC2CCNC2)c2ccccc12. The zero-order chi connectivity index (χ0) is 17.1. The highest BCUT2D eigenvalue weighted by atomic mass is 16.1. The molecule has 2 heterocycles. The number of para-hydroxylation sites is 1. The Morgan fingerprint density at radius 2 is 2.20 bits per heavy atom. The molecule has 1 aromatic carbocycles. The van der Waals surface area contributed by atoms with Gasteiger partial charge in [0.25, 0.3) is 0 Å². The molecular weight excluding hydrogens is 308 g/mol. The zero-order valence-electron chi connectivity index (χ0n) is 14.7. The minimum atomic E-state index is 0.537. The second-order valence-electron chi connectivity index (χ2n) is 7.37. The highest BCUT2D eigenvalue weighted by Crippen LogP contribution is 2.30. The number of rotatable bonds is 6. The quantitative estimate of drug-likeness (QED) is 0.797. The monoisotopic (exact) mass is 334 g/mol. The average molecular weight is 334 g/mol. The van der Waals surface area contributed by atoms with Gasteiger partial charge < -0.3 is 9.88 Å². The van der Waals surface area contributed by atoms with Crippen molar-refractivity contribution in [3.05, 3.63) is 59.8 Å². The minimum absolute atomic E-state index is 0.537. The van der Waals surface area contributed by atoms with Crippen molar-refractivity contribution < 1.29 is 4.79 Å². The summed E-state index contributed by atoms with van der Waals surface area (Å²) in [7, 11) is 0. The zero-order valence-corrected chi connectivity index (χ0v) is 14.7. The summed E-state index contributed by atoms with van der Waals surface area (Å²) in [6.45, 7) is 3.31. The predicted molar refractivity (Wildman–Crippen MR) is 103 cm³/mol. The second kappa shape index (κ2) is 7.40. The topological polar surface area (TPSA) is 34.0 Å². The van der Waals surface area contributed by atoms with Crippen molar-refractivity contribution in [3.8, 4) is 0 Å². The normalized spacial score (nSPS) is 23.1. The second-order valence-corrected chi connectivity index (χ2v) is 7.37. The molecule has 1 aliphatic heterocycles. The number of aldehydes is 1. The van der Waals surface area contributed by atoms with Crippen LogP contribution in [0.4, 0.5) is 0 Å². The number of hydrogen-bond donors (Lipinski definition) is 1. The van der Waals surface area contributed by atoms with Gasteiger partial charge in [-0.3, -0.25) is 4.79 Å². The van der Waals surface area contributed by atoms with E-state index >= 15 is 0 Å². The maximum absolute atomic E-state index is 11.4. The standard InChI is InChI=1S/C22H26N2O/c25-16-20-15-24(22-8-4-3-7-21(20)22)14-19-6-2-1-5-18(19)10-9-17-11-12-23-13-17/h1-5,7-8,15-17,19,23H,6,9-14H2. The number of allylic oxidation sites excluding steroid dienone is 4. The van der Waals surface area contributed by atoms with Crippen molar-refractivity contribution in [1.29, 1.82) is 0 Å². The smallest absolute Gasteiger partial charge is 0.152 e. The van der Waals surface area contributed by atoms with Gasteiger partial charge in [0.15, 0.2) is 6.29 Å². The van der Waals surface area contributed by atoms with Crippen molar-refractivity contribution in [3.63, 3.8) is 0 Å². The van der Waals surface area contributed by atoms with Gasteiger partial charge >= 0.3 is 0 Å². The Balaban J connectivity index is 1.51. The third-order valence-corrected chi connectivity index (χ3v) is 5.76. The van der Waals surface area contributed by atoms with Crippen LogP contribution in [0.5, 0.6) is 0 Å². The highest BCUT2D eigenvalue weighted by molar-refractivity contribution is 5.97. The fourth-order valence-electron chi connectivity index (χ4n) is 4.29. The molecule has 1 aromatic heterocycles. The summed E-state index contributed by atoms with van der Waals surface area (Å²) in [4.78, 5) is 11.4. The van der Waals surface area contributed by atoms with Gasteiger partial charge in [0.05, 0.1) is 0 Å². The maximum atomic E-state index is 11.4. The Morgan fingerprint density at radius 1 is 1.28 bits per heavy atom. The van der Waals surface area contributed by atoms with Crippen LogP contribution in [-0.4, -0.2) is 23.9 Å². The van der Waals surface area contributed by atoms with Crippen LogP contribution < -0.4 is 5.32 Å². The Bertz CT molecular complexity index is 809. The van der Waals surface area contributed by atoms with E-state index in [2.05, 4.69) is 40.2 Å². The van der Waals surface area contributed by atoms with Crippen molar-refractivity contribution in [1.82, 2.24) is 9.88 Å². The average Bonchev–Trinajstić information content (AvgIpc) is 3.29. The molecule has 0 bridgehead atoms. The molecule has 1 N–H and O–H groups in total. The van der Waals surface area contributed by atoms with Crippen molar-refractivity contribution in [2.24, 2.45) is 11.8 Å². The van der Waals surface area contributed by atoms with E-state index in [1.165, 1.54) is 37.9 Å². The number of fused-ring (bicyclic) bond motifs is 1. The van der Waals surface area contributed by atoms with E-state index in [0.717, 1.165) is 36.1 Å². The van der Waals surface area contributed by atoms with E-state index in [1.807, 2.05) is 18.3 Å². The fourth-order valence-corrected chi connectivity index (χ4v) is 4.29. The molecule has 130 valence electrons. The summed E-state index contributed by atoms with van der Waals surface area (Å²) in [6.07, 6.45) is 14.7. The molecule has 0 amide bonds. The van der Waals surface area contributed by atoms with Gasteiger partial charge in [-0.05, 0) is 50.8 Å². The number of nitrogens with zero attached hydrogens (tertiary/aromatic N) is 1. The first kappa shape index (κ1) is 16.3. The molecule has 1 aliphatic carbocycles. The van der Waals surface area contributed by atoms with Crippen molar-refractivity contribution >= 4 is 17.2 Å². The van der Waals surface area contributed by atoms with E-state index < -0.39 is 0 Å². The molecular formula is C22H26N2O. The molecule has 2 unspecified atom stereocenters. The molecule has 3 heteroatoms. The van der Waals surface area contributed by atoms with Crippen LogP contribution >= 0.6 is 0 Å². The molecule has 2 aliphatic rings. The van der Waals surface area contributed by atoms with Crippen LogP contribution in [0.2, 0.25) is 0 Å². The summed E-state index contributed by atoms with van der Waals surface area (Å²) in [5.74, 6) is 1.37. The largest absolute Gasteiger partial charge is 0.346 e. The van der Waals surface area contributed by atoms with Crippen LogP contribution in [-0.2, 0) is 6.54 Å². The van der Waals surface area contributed by atoms with Crippen LogP contribution in [0, 0.1) is 11.8 Å². The summed E-state index contributed by atoms with van der Waals surface area (Å²) in [5, 5.41) is 4.53. The van der Waals surface area contributed by atoms with E-state index in [9.17, 15) is 4.79 Å². The lowest BCUT2D eigenvalue weighted by Gasteiger charge is -2.24. The molecule has 3 nitrogen and oxygen atoms in total. The molecule has 1 fully saturated rings. The Kier molecular flexibility index (Phi) is 4.84. The summed E-state index contributed by atoms with van der Waals surface area (Å²) in [6, 6.07) is 8.22. The number of benzene rings is 1. The Hall–Kier alpha value is -2.13. The summed E-state index contributed by atoms with van der Waals surface area (Å²) >= 11 is 0. The van der Waals surface area contributed by atoms with E-state index in [-0.39, 0.29) is 0 Å². The molecule has 0 spiro atoms. The lowest BCUT2D eigenvalue weighted by molar-refractivity contribution is 0.112. The summed E-state index contributed by atoms with van der Waals surface area (Å²) in [5.41, 5.74) is 3.53. The molecule has 25 heavy (non-hydrogen) atoms. The molecule has 0 saturated carbocycles. The number of carbonyl (C=O) groups is 1. The third kappa shape index (κ3) is 3.47. The lowest BCUT2D eigenvalue weighted by atomic mass is 9.86. The van der Waals surface area contributed by atoms with E-state index in [0.29, 0.717) is 5.92 Å². The predicted octanol–water partition coefficient (Wildman–Crippen LogP) is 4.35. The number of aromatic nitrogens is 1.